The highest BCUT2D eigenvalue weighted by molar-refractivity contribution is 7.16. The maximum absolute atomic E-state index is 13.0. The third kappa shape index (κ3) is 3.97. The molecule has 2 aromatic carbocycles. The smallest absolute Gasteiger partial charge is 0.259 e. The van der Waals surface area contributed by atoms with Crippen LogP contribution in [0.1, 0.15) is 39.2 Å². The molecule has 3 nitrogen and oxygen atoms in total. The van der Waals surface area contributed by atoms with E-state index in [1.54, 1.807) is 17.6 Å². The molecule has 1 N–H and O–H groups in total. The van der Waals surface area contributed by atoms with E-state index < -0.39 is 0 Å². The number of hydrogen-bond acceptors (Lipinski definition) is 3. The Hall–Kier alpha value is -2.43. The molecule has 0 fully saturated rings. The number of amides is 1. The van der Waals surface area contributed by atoms with Gasteiger partial charge in [-0.1, -0.05) is 48.0 Å². The highest BCUT2D eigenvalue weighted by Crippen LogP contribution is 2.40. The minimum absolute atomic E-state index is 0.0908. The molecule has 0 aliphatic heterocycles. The van der Waals surface area contributed by atoms with Crippen LogP contribution in [-0.2, 0) is 12.8 Å². The van der Waals surface area contributed by atoms with E-state index >= 15 is 0 Å². The number of fused-ring (bicyclic) bond motifs is 1. The lowest BCUT2D eigenvalue weighted by Crippen LogP contribution is -2.14. The highest BCUT2D eigenvalue weighted by atomic mass is 35.5. The van der Waals surface area contributed by atoms with Gasteiger partial charge in [0.2, 0.25) is 0 Å². The second-order valence-corrected chi connectivity index (χ2v) is 7.98. The fourth-order valence-corrected chi connectivity index (χ4v) is 4.71. The quantitative estimate of drug-likeness (QED) is 0.519. The van der Waals surface area contributed by atoms with Gasteiger partial charge in [0, 0.05) is 27.4 Å². The van der Waals surface area contributed by atoms with Gasteiger partial charge in [0.1, 0.15) is 5.00 Å². The number of thiophene rings is 1. The molecule has 4 rings (SSSR count). The minimum Gasteiger partial charge on any atom is -0.322 e. The van der Waals surface area contributed by atoms with Crippen LogP contribution in [-0.4, -0.2) is 12.1 Å². The molecule has 0 bridgehead atoms. The van der Waals surface area contributed by atoms with Gasteiger partial charge in [-0.05, 0) is 49.4 Å². The molecule has 1 heterocycles. The number of halogens is 1. The molecule has 1 aromatic heterocycles. The van der Waals surface area contributed by atoms with Crippen molar-refractivity contribution in [2.45, 2.75) is 25.7 Å². The van der Waals surface area contributed by atoms with Gasteiger partial charge in [0.25, 0.3) is 5.91 Å². The topological polar surface area (TPSA) is 41.5 Å². The Morgan fingerprint density at radius 3 is 2.59 bits per heavy atom. The number of anilines is 1. The first kappa shape index (κ1) is 18.0. The number of aryl methyl sites for hydroxylation is 1. The van der Waals surface area contributed by atoms with Crippen LogP contribution in [0, 0.1) is 0 Å². The summed E-state index contributed by atoms with van der Waals surface area (Å²) in [7, 11) is 0. The van der Waals surface area contributed by atoms with Crippen molar-refractivity contribution >= 4 is 45.7 Å². The van der Waals surface area contributed by atoms with Gasteiger partial charge >= 0.3 is 0 Å². The average Bonchev–Trinajstić information content (AvgIpc) is 3.06. The molecule has 0 saturated carbocycles. The van der Waals surface area contributed by atoms with Gasteiger partial charge in [-0.25, -0.2) is 4.99 Å². The molecule has 0 spiro atoms. The van der Waals surface area contributed by atoms with Crippen LogP contribution in [0.5, 0.6) is 0 Å². The van der Waals surface area contributed by atoms with Crippen molar-refractivity contribution < 1.29 is 4.79 Å². The molecule has 1 amide bonds. The highest BCUT2D eigenvalue weighted by Gasteiger charge is 2.25. The zero-order chi connectivity index (χ0) is 18.6. The molecule has 0 atom stereocenters. The first-order valence-corrected chi connectivity index (χ1v) is 10.2. The predicted molar refractivity (Wildman–Crippen MR) is 114 cm³/mol. The summed E-state index contributed by atoms with van der Waals surface area (Å²) < 4.78 is 0. The van der Waals surface area contributed by atoms with Crippen molar-refractivity contribution in [3.63, 3.8) is 0 Å². The van der Waals surface area contributed by atoms with Gasteiger partial charge in [0.15, 0.2) is 0 Å². The Morgan fingerprint density at radius 2 is 1.78 bits per heavy atom. The molecule has 27 heavy (non-hydrogen) atoms. The van der Waals surface area contributed by atoms with Crippen molar-refractivity contribution in [1.29, 1.82) is 0 Å². The predicted octanol–water partition coefficient (Wildman–Crippen LogP) is 6.28. The summed E-state index contributed by atoms with van der Waals surface area (Å²) in [6, 6.07) is 17.1. The van der Waals surface area contributed by atoms with E-state index in [4.69, 9.17) is 11.6 Å². The fourth-order valence-electron chi connectivity index (χ4n) is 3.30. The summed E-state index contributed by atoms with van der Waals surface area (Å²) in [6.45, 7) is 0. The molecule has 1 aliphatic rings. The van der Waals surface area contributed by atoms with Crippen molar-refractivity contribution in [1.82, 2.24) is 0 Å². The zero-order valence-electron chi connectivity index (χ0n) is 14.7. The molecule has 0 radical (unpaired) electrons. The van der Waals surface area contributed by atoms with Crippen LogP contribution in [0.3, 0.4) is 0 Å². The third-order valence-electron chi connectivity index (χ3n) is 4.64. The second kappa shape index (κ2) is 8.07. The number of nitrogens with zero attached hydrogens (tertiary/aromatic N) is 1. The first-order chi connectivity index (χ1) is 13.2. The Bertz CT molecular complexity index is 995. The monoisotopic (exact) mass is 394 g/mol. The molecular weight excluding hydrogens is 376 g/mol. The molecular formula is C22H19ClN2OS. The fraction of sp³-hybridized carbons (Fsp3) is 0.182. The van der Waals surface area contributed by atoms with Crippen molar-refractivity contribution in [2.75, 3.05) is 5.32 Å². The number of hydrogen-bond donors (Lipinski definition) is 1. The summed E-state index contributed by atoms with van der Waals surface area (Å²) in [4.78, 5) is 19.0. The van der Waals surface area contributed by atoms with Crippen LogP contribution in [0.15, 0.2) is 59.6 Å². The molecule has 0 unspecified atom stereocenters. The van der Waals surface area contributed by atoms with E-state index in [9.17, 15) is 4.79 Å². The standard InChI is InChI=1S/C22H19ClN2OS/c23-18-12-6-4-8-15(18)14-24-22-20(17-11-5-7-13-19(17)27-22)21(26)25-16-9-2-1-3-10-16/h1-4,6,8-10,12,14H,5,7,11,13H2,(H,25,26). The lowest BCUT2D eigenvalue weighted by molar-refractivity contribution is 0.102. The summed E-state index contributed by atoms with van der Waals surface area (Å²) in [5.74, 6) is -0.0908. The molecule has 0 saturated heterocycles. The van der Waals surface area contributed by atoms with Crippen molar-refractivity contribution in [3.05, 3.63) is 81.2 Å². The molecule has 3 aromatic rings. The van der Waals surface area contributed by atoms with Crippen LogP contribution in [0.2, 0.25) is 5.02 Å². The number of para-hydroxylation sites is 1. The van der Waals surface area contributed by atoms with Gasteiger partial charge < -0.3 is 5.32 Å². The van der Waals surface area contributed by atoms with E-state index in [2.05, 4.69) is 10.3 Å². The summed E-state index contributed by atoms with van der Waals surface area (Å²) in [5, 5.41) is 4.42. The Kier molecular flexibility index (Phi) is 5.37. The van der Waals surface area contributed by atoms with Gasteiger partial charge in [0.05, 0.1) is 5.56 Å². The Labute approximate surface area is 167 Å². The maximum Gasteiger partial charge on any atom is 0.259 e. The lowest BCUT2D eigenvalue weighted by Gasteiger charge is -2.12. The van der Waals surface area contributed by atoms with Gasteiger partial charge in [-0.3, -0.25) is 4.79 Å². The number of rotatable bonds is 4. The van der Waals surface area contributed by atoms with Crippen molar-refractivity contribution in [2.24, 2.45) is 4.99 Å². The van der Waals surface area contributed by atoms with Crippen LogP contribution in [0.4, 0.5) is 10.7 Å². The molecule has 1 aliphatic carbocycles. The lowest BCUT2D eigenvalue weighted by atomic mass is 9.95. The van der Waals surface area contributed by atoms with Crippen LogP contribution < -0.4 is 5.32 Å². The third-order valence-corrected chi connectivity index (χ3v) is 6.18. The van der Waals surface area contributed by atoms with E-state index in [0.29, 0.717) is 10.6 Å². The van der Waals surface area contributed by atoms with Gasteiger partial charge in [-0.15, -0.1) is 11.3 Å². The minimum atomic E-state index is -0.0908. The maximum atomic E-state index is 13.0. The Morgan fingerprint density at radius 1 is 1.04 bits per heavy atom. The SMILES string of the molecule is O=C(Nc1ccccc1)c1c(N=Cc2ccccc2Cl)sc2c1CCCC2. The first-order valence-electron chi connectivity index (χ1n) is 9.02. The summed E-state index contributed by atoms with van der Waals surface area (Å²) >= 11 is 7.86. The summed E-state index contributed by atoms with van der Waals surface area (Å²) in [5.41, 5.74) is 3.51. The van der Waals surface area contributed by atoms with E-state index in [1.807, 2.05) is 54.6 Å². The van der Waals surface area contributed by atoms with E-state index in [1.165, 1.54) is 11.3 Å². The molecule has 5 heteroatoms. The van der Waals surface area contributed by atoms with E-state index in [-0.39, 0.29) is 5.91 Å². The Balaban J connectivity index is 1.70. The van der Waals surface area contributed by atoms with Gasteiger partial charge in [-0.2, -0.15) is 0 Å². The second-order valence-electron chi connectivity index (χ2n) is 6.49. The molecule has 136 valence electrons. The van der Waals surface area contributed by atoms with Crippen LogP contribution >= 0.6 is 22.9 Å². The number of benzene rings is 2. The number of carbonyl (C=O) groups is 1. The normalized spacial score (nSPS) is 13.5. The summed E-state index contributed by atoms with van der Waals surface area (Å²) in [6.07, 6.45) is 5.99. The number of nitrogens with one attached hydrogen (secondary N) is 1. The zero-order valence-corrected chi connectivity index (χ0v) is 16.3. The number of aliphatic imine (C=N–C) groups is 1. The van der Waals surface area contributed by atoms with E-state index in [0.717, 1.165) is 41.1 Å². The van der Waals surface area contributed by atoms with Crippen molar-refractivity contribution in [3.8, 4) is 0 Å². The number of carbonyl (C=O) groups excluding carboxylic acids is 1. The largest absolute Gasteiger partial charge is 0.322 e. The average molecular weight is 395 g/mol. The van der Waals surface area contributed by atoms with Crippen LogP contribution in [0.25, 0.3) is 0 Å².